The van der Waals surface area contributed by atoms with E-state index in [1.807, 2.05) is 24.3 Å². The van der Waals surface area contributed by atoms with E-state index < -0.39 is 0 Å². The largest absolute Gasteiger partial charge is 0.418 e. The van der Waals surface area contributed by atoms with Crippen LogP contribution < -0.4 is 4.74 Å². The fourth-order valence-corrected chi connectivity index (χ4v) is 10.5. The molecule has 5 rings (SSSR count). The van der Waals surface area contributed by atoms with E-state index in [0.29, 0.717) is 16.4 Å². The maximum atomic E-state index is 12.7. The number of carbonyl (C=O) groups excluding carboxylic acids is 1. The fourth-order valence-electron chi connectivity index (χ4n) is 9.34. The number of halogens is 1. The molecular weight excluding hydrogens is 552 g/mol. The van der Waals surface area contributed by atoms with Gasteiger partial charge in [-0.2, -0.15) is 0 Å². The monoisotopic (exact) mass is 600 g/mol. The minimum Gasteiger partial charge on any atom is -0.418 e. The molecule has 0 spiro atoms. The lowest BCUT2D eigenvalue weighted by Gasteiger charge is -2.57. The second kappa shape index (κ2) is 12.0. The Bertz CT molecular complexity index is 1000. The number of allylic oxidation sites excluding steroid dienone is 2. The van der Waals surface area contributed by atoms with Crippen molar-refractivity contribution in [1.82, 2.24) is 0 Å². The van der Waals surface area contributed by atoms with E-state index >= 15 is 0 Å². The summed E-state index contributed by atoms with van der Waals surface area (Å²) in [6, 6.07) is 7.53. The Hall–Kier alpha value is -0.740. The third kappa shape index (κ3) is 5.97. The van der Waals surface area contributed by atoms with Crippen molar-refractivity contribution in [3.05, 3.63) is 40.4 Å². The molecule has 0 saturated heterocycles. The lowest BCUT2D eigenvalue weighted by Crippen LogP contribution is -2.49. The highest BCUT2D eigenvalue weighted by Crippen LogP contribution is 2.64. The Morgan fingerprint density at radius 3 is 2.61 bits per heavy atom. The Morgan fingerprint density at radius 2 is 1.87 bits per heavy atom. The number of hydrogen-bond donors (Lipinski definition) is 0. The zero-order chi connectivity index (χ0) is 27.0. The smallest absolute Gasteiger partial charge is 0.372 e. The molecule has 1 aromatic rings. The first kappa shape index (κ1) is 28.8. The van der Waals surface area contributed by atoms with Gasteiger partial charge in [0.25, 0.3) is 0 Å². The van der Waals surface area contributed by atoms with Crippen LogP contribution in [0.3, 0.4) is 0 Å². The van der Waals surface area contributed by atoms with Gasteiger partial charge in [-0.1, -0.05) is 81.5 Å². The van der Waals surface area contributed by atoms with Crippen LogP contribution in [0.5, 0.6) is 5.75 Å². The van der Waals surface area contributed by atoms with Gasteiger partial charge < -0.3 is 4.74 Å². The molecule has 38 heavy (non-hydrogen) atoms. The van der Waals surface area contributed by atoms with Crippen LogP contribution in [0, 0.1) is 52.8 Å². The van der Waals surface area contributed by atoms with Crippen LogP contribution in [0.1, 0.15) is 98.8 Å². The van der Waals surface area contributed by atoms with Crippen molar-refractivity contribution in [1.29, 1.82) is 0 Å². The first-order chi connectivity index (χ1) is 18.2. The highest BCUT2D eigenvalue weighted by atomic mass is 79.9. The Morgan fingerprint density at radius 1 is 1.11 bits per heavy atom. The number of benzene rings is 1. The molecule has 0 aromatic heterocycles. The molecule has 1 aromatic carbocycles. The summed E-state index contributed by atoms with van der Waals surface area (Å²) in [7, 11) is 0. The number of fused-ring (bicyclic) bond motifs is 5. The summed E-state index contributed by atoms with van der Waals surface area (Å²) in [5.41, 5.74) is 1.98. The van der Waals surface area contributed by atoms with Gasteiger partial charge in [0.15, 0.2) is 0 Å². The van der Waals surface area contributed by atoms with Crippen molar-refractivity contribution < 1.29 is 9.53 Å². The zero-order valence-electron chi connectivity index (χ0n) is 24.3. The molecule has 3 saturated carbocycles. The molecule has 0 amide bonds. The van der Waals surface area contributed by atoms with Gasteiger partial charge in [-0.15, -0.1) is 0 Å². The summed E-state index contributed by atoms with van der Waals surface area (Å²) >= 11 is 4.86. The third-order valence-electron chi connectivity index (χ3n) is 11.2. The summed E-state index contributed by atoms with van der Waals surface area (Å²) < 4.78 is 6.62. The molecule has 4 aliphatic rings. The van der Waals surface area contributed by atoms with Gasteiger partial charge in [0.1, 0.15) is 5.75 Å². The molecule has 2 nitrogen and oxygen atoms in total. The minimum atomic E-state index is -0.163. The van der Waals surface area contributed by atoms with Crippen molar-refractivity contribution in [3.8, 4) is 5.75 Å². The van der Waals surface area contributed by atoms with E-state index in [1.54, 1.807) is 5.57 Å². The number of hydrogen-bond acceptors (Lipinski definition) is 3. The Balaban J connectivity index is 1.21. The van der Waals surface area contributed by atoms with Crippen molar-refractivity contribution >= 4 is 33.0 Å². The van der Waals surface area contributed by atoms with E-state index in [1.165, 1.54) is 63.1 Å². The summed E-state index contributed by atoms with van der Waals surface area (Å²) in [6.45, 7) is 12.5. The predicted molar refractivity (Wildman–Crippen MR) is 165 cm³/mol. The molecule has 0 unspecified atom stereocenters. The van der Waals surface area contributed by atoms with Gasteiger partial charge in [0, 0.05) is 9.72 Å². The topological polar surface area (TPSA) is 26.3 Å². The second-order valence-electron chi connectivity index (χ2n) is 13.9. The van der Waals surface area contributed by atoms with Crippen molar-refractivity contribution in [2.45, 2.75) is 104 Å². The van der Waals surface area contributed by atoms with Crippen LogP contribution in [0.4, 0.5) is 4.79 Å². The molecule has 0 radical (unpaired) electrons. The maximum absolute atomic E-state index is 12.7. The predicted octanol–water partition coefficient (Wildman–Crippen LogP) is 10.9. The van der Waals surface area contributed by atoms with E-state index in [9.17, 15) is 4.79 Å². The summed E-state index contributed by atoms with van der Waals surface area (Å²) in [5.74, 6) is 7.74. The van der Waals surface area contributed by atoms with Gasteiger partial charge in [-0.05, 0) is 134 Å². The van der Waals surface area contributed by atoms with Crippen LogP contribution in [-0.2, 0) is 0 Å². The van der Waals surface area contributed by atoms with Crippen LogP contribution in [0.2, 0.25) is 0 Å². The normalized spacial score (nSPS) is 37.1. The molecule has 4 aliphatic carbocycles. The van der Waals surface area contributed by atoms with Gasteiger partial charge in [-0.3, -0.25) is 0 Å². The van der Waals surface area contributed by atoms with Crippen molar-refractivity contribution in [2.75, 3.05) is 0 Å². The SMILES string of the molecule is CC(C)CCC[C@H](C)[C@@H]1CC[C@@H]2[C@@H]3CC=C4C[C@H](SC(=O)Oc5ccc(Br)cc5)CC[C@]4(C)[C@@H]3C[C@H](C)[C@H]21. The quantitative estimate of drug-likeness (QED) is 0.230. The Labute approximate surface area is 244 Å². The van der Waals surface area contributed by atoms with Crippen LogP contribution in [0.15, 0.2) is 40.4 Å². The summed E-state index contributed by atoms with van der Waals surface area (Å²) in [5, 5.41) is 0.175. The standard InChI is InChI=1S/C34H49BrO2S/c1-21(2)7-6-8-22(3)28-15-16-30-29-14-9-24-20-27(38-33(36)37-26-12-10-25(35)11-13-26)17-18-34(24,5)31(29)19-23(4)32(28)30/h9-13,21-23,27-32H,6-8,14-20H2,1-5H3/t22-,23-,27+,28-,29-,30+,31+,32-,34-/m0/s1. The first-order valence-electron chi connectivity index (χ1n) is 15.5. The number of ether oxygens (including phenoxy) is 1. The van der Waals surface area contributed by atoms with Crippen LogP contribution >= 0.6 is 27.7 Å². The molecular formula is C34H49BrO2S. The lowest BCUT2D eigenvalue weighted by atomic mass is 9.48. The molecule has 0 heterocycles. The van der Waals surface area contributed by atoms with E-state index in [0.717, 1.165) is 64.7 Å². The summed E-state index contributed by atoms with van der Waals surface area (Å²) in [6.07, 6.45) is 15.9. The zero-order valence-corrected chi connectivity index (χ0v) is 26.7. The average molecular weight is 602 g/mol. The van der Waals surface area contributed by atoms with E-state index in [-0.39, 0.29) is 5.30 Å². The molecule has 210 valence electrons. The summed E-state index contributed by atoms with van der Waals surface area (Å²) in [4.78, 5) is 12.7. The van der Waals surface area contributed by atoms with E-state index in [4.69, 9.17) is 4.74 Å². The third-order valence-corrected chi connectivity index (χ3v) is 12.8. The number of rotatable bonds is 7. The highest BCUT2D eigenvalue weighted by molar-refractivity contribution is 9.10. The van der Waals surface area contributed by atoms with Gasteiger partial charge in [-0.25, -0.2) is 4.79 Å². The molecule has 4 heteroatoms. The highest BCUT2D eigenvalue weighted by Gasteiger charge is 2.56. The number of thioether (sulfide) groups is 1. The van der Waals surface area contributed by atoms with Crippen molar-refractivity contribution in [2.24, 2.45) is 52.8 Å². The average Bonchev–Trinajstić information content (AvgIpc) is 3.32. The van der Waals surface area contributed by atoms with Gasteiger partial charge in [0.05, 0.1) is 0 Å². The van der Waals surface area contributed by atoms with Crippen LogP contribution in [-0.4, -0.2) is 10.6 Å². The fraction of sp³-hybridized carbons (Fsp3) is 0.735. The van der Waals surface area contributed by atoms with Gasteiger partial charge in [0.2, 0.25) is 0 Å². The molecule has 0 N–H and O–H groups in total. The van der Waals surface area contributed by atoms with Crippen molar-refractivity contribution in [3.63, 3.8) is 0 Å². The molecule has 9 atom stereocenters. The number of carbonyl (C=O) groups is 1. The van der Waals surface area contributed by atoms with E-state index in [2.05, 4.69) is 56.6 Å². The lowest BCUT2D eigenvalue weighted by molar-refractivity contribution is -0.0300. The molecule has 0 bridgehead atoms. The first-order valence-corrected chi connectivity index (χ1v) is 17.2. The molecule has 3 fully saturated rings. The molecule has 0 aliphatic heterocycles. The van der Waals surface area contributed by atoms with Crippen LogP contribution in [0.25, 0.3) is 0 Å². The van der Waals surface area contributed by atoms with Gasteiger partial charge >= 0.3 is 5.30 Å². The minimum absolute atomic E-state index is 0.163. The maximum Gasteiger partial charge on any atom is 0.372 e. The Kier molecular flexibility index (Phi) is 9.10. The second-order valence-corrected chi connectivity index (χ2v) is 16.1.